The van der Waals surface area contributed by atoms with Crippen molar-refractivity contribution in [3.63, 3.8) is 0 Å². The number of carbonyl (C=O) groups excluding carboxylic acids is 1. The van der Waals surface area contributed by atoms with Gasteiger partial charge in [-0.1, -0.05) is 30.3 Å². The van der Waals surface area contributed by atoms with Crippen LogP contribution in [0.5, 0.6) is 0 Å². The molecular formula is C28H33N5O2S. The summed E-state index contributed by atoms with van der Waals surface area (Å²) >= 11 is 0. The van der Waals surface area contributed by atoms with Gasteiger partial charge in [0.2, 0.25) is 0 Å². The van der Waals surface area contributed by atoms with Crippen LogP contribution in [0.15, 0.2) is 59.6 Å². The molecule has 36 heavy (non-hydrogen) atoms. The summed E-state index contributed by atoms with van der Waals surface area (Å²) < 4.78 is 22.9. The van der Waals surface area contributed by atoms with Gasteiger partial charge in [0.05, 0.1) is 20.8 Å². The number of nitrogens with two attached hydrogens (primary N) is 1. The van der Waals surface area contributed by atoms with E-state index in [1.54, 1.807) is 12.1 Å². The molecule has 0 aliphatic rings. The summed E-state index contributed by atoms with van der Waals surface area (Å²) in [6, 6.07) is 15.6. The van der Waals surface area contributed by atoms with Gasteiger partial charge >= 0.3 is 0 Å². The molecule has 1 amide bonds. The maximum absolute atomic E-state index is 13.6. The van der Waals surface area contributed by atoms with Crippen LogP contribution in [0.25, 0.3) is 10.9 Å². The van der Waals surface area contributed by atoms with Gasteiger partial charge in [0.15, 0.2) is 0 Å². The minimum atomic E-state index is -3.03. The van der Waals surface area contributed by atoms with Crippen LogP contribution in [0.1, 0.15) is 58.2 Å². The molecule has 4 N–H and O–H groups in total. The van der Waals surface area contributed by atoms with E-state index < -0.39 is 9.73 Å². The number of hydrogen-bond acceptors (Lipinski definition) is 5. The smallest absolute Gasteiger partial charge is 0.252 e. The Morgan fingerprint density at radius 1 is 1.17 bits per heavy atom. The quantitative estimate of drug-likeness (QED) is 0.314. The first-order valence-electron chi connectivity index (χ1n) is 11.9. The molecule has 0 spiro atoms. The Kier molecular flexibility index (Phi) is 6.91. The zero-order chi connectivity index (χ0) is 26.2. The summed E-state index contributed by atoms with van der Waals surface area (Å²) in [5.74, 6) is 0.0887. The van der Waals surface area contributed by atoms with Crippen LogP contribution >= 0.6 is 0 Å². The van der Waals surface area contributed by atoms with Crippen LogP contribution in [0.3, 0.4) is 0 Å². The van der Waals surface area contributed by atoms with Crippen molar-refractivity contribution in [2.75, 3.05) is 12.0 Å². The molecule has 2 heterocycles. The number of nitrogens with one attached hydrogen (secondary N) is 2. The van der Waals surface area contributed by atoms with E-state index in [0.29, 0.717) is 22.7 Å². The summed E-state index contributed by atoms with van der Waals surface area (Å²) in [6.45, 7) is 8.17. The van der Waals surface area contributed by atoms with E-state index in [4.69, 9.17) is 10.5 Å². The third kappa shape index (κ3) is 5.14. The van der Waals surface area contributed by atoms with Gasteiger partial charge in [0, 0.05) is 46.6 Å². The van der Waals surface area contributed by atoms with Crippen molar-refractivity contribution < 1.29 is 9.00 Å². The van der Waals surface area contributed by atoms with E-state index in [2.05, 4.69) is 40.8 Å². The number of benzene rings is 2. The lowest BCUT2D eigenvalue weighted by molar-refractivity contribution is 0.0952. The number of pyridine rings is 1. The fourth-order valence-electron chi connectivity index (χ4n) is 4.63. The van der Waals surface area contributed by atoms with E-state index in [9.17, 15) is 9.00 Å². The van der Waals surface area contributed by atoms with Crippen LogP contribution in [0.2, 0.25) is 0 Å². The number of hydrogen-bond donors (Lipinski definition) is 3. The van der Waals surface area contributed by atoms with E-state index in [-0.39, 0.29) is 18.5 Å². The molecule has 7 nitrogen and oxygen atoms in total. The molecule has 1 unspecified atom stereocenters. The lowest BCUT2D eigenvalue weighted by Gasteiger charge is -2.16. The molecule has 4 rings (SSSR count). The van der Waals surface area contributed by atoms with Crippen molar-refractivity contribution in [3.8, 4) is 0 Å². The van der Waals surface area contributed by atoms with Gasteiger partial charge in [-0.05, 0) is 69.0 Å². The van der Waals surface area contributed by atoms with E-state index in [1.807, 2.05) is 44.3 Å². The number of aryl methyl sites for hydroxylation is 2. The van der Waals surface area contributed by atoms with Crippen molar-refractivity contribution in [2.45, 2.75) is 51.6 Å². The van der Waals surface area contributed by atoms with Crippen LogP contribution in [-0.4, -0.2) is 25.9 Å². The highest BCUT2D eigenvalue weighted by Crippen LogP contribution is 2.31. The Morgan fingerprint density at radius 3 is 2.50 bits per heavy atom. The van der Waals surface area contributed by atoms with Crippen molar-refractivity contribution in [1.82, 2.24) is 14.9 Å². The van der Waals surface area contributed by atoms with Gasteiger partial charge in [-0.25, -0.2) is 14.0 Å². The van der Waals surface area contributed by atoms with Crippen molar-refractivity contribution in [2.24, 2.45) is 0 Å². The summed E-state index contributed by atoms with van der Waals surface area (Å²) in [5.41, 5.74) is 12.2. The first-order valence-corrected chi connectivity index (χ1v) is 13.9. The second-order valence-corrected chi connectivity index (χ2v) is 11.8. The Balaban J connectivity index is 1.73. The highest BCUT2D eigenvalue weighted by atomic mass is 32.2. The third-order valence-electron chi connectivity index (χ3n) is 6.39. The van der Waals surface area contributed by atoms with Crippen LogP contribution in [0.4, 0.5) is 5.82 Å². The van der Waals surface area contributed by atoms with Crippen LogP contribution < -0.4 is 11.1 Å². The van der Waals surface area contributed by atoms with Crippen molar-refractivity contribution in [1.29, 1.82) is 4.78 Å². The lowest BCUT2D eigenvalue weighted by Crippen LogP contribution is -2.25. The monoisotopic (exact) mass is 503 g/mol. The molecule has 0 bridgehead atoms. The molecule has 4 aromatic rings. The Morgan fingerprint density at radius 2 is 1.86 bits per heavy atom. The number of aromatic nitrogens is 2. The highest BCUT2D eigenvalue weighted by molar-refractivity contribution is 7.91. The molecule has 1 atom stereocenters. The number of carbonyl (C=O) groups is 1. The standard InChI is InChI=1S/C28H33N5O2S/c1-17(2)33-16-18(3)26-23(13-22(14-25(26)33)36(5,30)35)28(34)31-15-24-21(11-19(4)32-27(24)29)12-20-9-7-6-8-10-20/h6-11,13-14,16-17,30H,12,15H2,1-5H3,(H2,29,32)(H,31,34). The Labute approximate surface area is 212 Å². The molecule has 188 valence electrons. The molecule has 0 fully saturated rings. The fraction of sp³-hybridized carbons (Fsp3) is 0.286. The number of rotatable bonds is 7. The predicted octanol–water partition coefficient (Wildman–Crippen LogP) is 5.37. The largest absolute Gasteiger partial charge is 0.383 e. The highest BCUT2D eigenvalue weighted by Gasteiger charge is 2.21. The number of nitrogen functional groups attached to an aromatic ring is 1. The average molecular weight is 504 g/mol. The maximum atomic E-state index is 13.6. The second kappa shape index (κ2) is 9.78. The molecule has 0 saturated heterocycles. The average Bonchev–Trinajstić information content (AvgIpc) is 3.14. The molecule has 0 radical (unpaired) electrons. The van der Waals surface area contributed by atoms with Crippen LogP contribution in [0, 0.1) is 18.6 Å². The first kappa shape index (κ1) is 25.4. The van der Waals surface area contributed by atoms with Gasteiger partial charge in [-0.15, -0.1) is 0 Å². The molecule has 2 aromatic heterocycles. The predicted molar refractivity (Wildman–Crippen MR) is 146 cm³/mol. The number of anilines is 1. The van der Waals surface area contributed by atoms with Crippen molar-refractivity contribution >= 4 is 32.4 Å². The van der Waals surface area contributed by atoms with Gasteiger partial charge < -0.3 is 15.6 Å². The maximum Gasteiger partial charge on any atom is 0.252 e. The van der Waals surface area contributed by atoms with E-state index >= 15 is 0 Å². The molecule has 0 saturated carbocycles. The summed E-state index contributed by atoms with van der Waals surface area (Å²) in [5, 5.41) is 3.82. The van der Waals surface area contributed by atoms with Crippen LogP contribution in [-0.2, 0) is 22.7 Å². The molecule has 0 aliphatic carbocycles. The second-order valence-electron chi connectivity index (χ2n) is 9.65. The molecule has 8 heteroatoms. The fourth-order valence-corrected chi connectivity index (χ4v) is 5.31. The lowest BCUT2D eigenvalue weighted by atomic mass is 9.99. The normalized spacial score (nSPS) is 13.2. The molecule has 2 aromatic carbocycles. The van der Waals surface area contributed by atoms with E-state index in [0.717, 1.165) is 38.9 Å². The summed E-state index contributed by atoms with van der Waals surface area (Å²) in [6.07, 6.45) is 4.05. The molecule has 0 aliphatic heterocycles. The number of fused-ring (bicyclic) bond motifs is 1. The zero-order valence-electron chi connectivity index (χ0n) is 21.4. The third-order valence-corrected chi connectivity index (χ3v) is 7.52. The molecular weight excluding hydrogens is 470 g/mol. The Bertz CT molecular complexity index is 1550. The minimum Gasteiger partial charge on any atom is -0.383 e. The van der Waals surface area contributed by atoms with Gasteiger partial charge in [0.1, 0.15) is 5.82 Å². The van der Waals surface area contributed by atoms with Crippen molar-refractivity contribution in [3.05, 3.63) is 88.2 Å². The Hall–Kier alpha value is -3.65. The summed E-state index contributed by atoms with van der Waals surface area (Å²) in [4.78, 5) is 18.3. The first-order chi connectivity index (χ1) is 17.0. The number of nitrogens with zero attached hydrogens (tertiary/aromatic N) is 2. The number of amides is 1. The van der Waals surface area contributed by atoms with Gasteiger partial charge in [-0.3, -0.25) is 4.79 Å². The van der Waals surface area contributed by atoms with E-state index in [1.165, 1.54) is 6.26 Å². The summed E-state index contributed by atoms with van der Waals surface area (Å²) in [7, 11) is -3.03. The van der Waals surface area contributed by atoms with Gasteiger partial charge in [-0.2, -0.15) is 0 Å². The topological polar surface area (TPSA) is 114 Å². The minimum absolute atomic E-state index is 0.143. The van der Waals surface area contributed by atoms with Gasteiger partial charge in [0.25, 0.3) is 5.91 Å². The SMILES string of the molecule is Cc1cc(Cc2ccccc2)c(CNC(=O)c2cc(S(C)(=N)=O)cc3c2c(C)cn3C(C)C)c(N)n1. The zero-order valence-corrected chi connectivity index (χ0v) is 22.2.